The molecule has 0 saturated heterocycles. The average molecular weight is 462 g/mol. The molecule has 0 radical (unpaired) electrons. The third kappa shape index (κ3) is 5.43. The van der Waals surface area contributed by atoms with E-state index < -0.39 is 11.7 Å². The highest BCUT2D eigenvalue weighted by molar-refractivity contribution is 6.13. The van der Waals surface area contributed by atoms with E-state index >= 15 is 0 Å². The highest BCUT2D eigenvalue weighted by Crippen LogP contribution is 2.29. The van der Waals surface area contributed by atoms with Crippen molar-refractivity contribution >= 4 is 5.71 Å². The van der Waals surface area contributed by atoms with Gasteiger partial charge in [-0.1, -0.05) is 84.0 Å². The zero-order chi connectivity index (χ0) is 24.0. The zero-order valence-electron chi connectivity index (χ0n) is 18.3. The molecule has 0 aliphatic carbocycles. The second-order valence-electron chi connectivity index (χ2n) is 7.39. The Morgan fingerprint density at radius 3 is 2.15 bits per heavy atom. The lowest BCUT2D eigenvalue weighted by Gasteiger charge is -2.13. The third-order valence-corrected chi connectivity index (χ3v) is 5.16. The third-order valence-electron chi connectivity index (χ3n) is 5.16. The van der Waals surface area contributed by atoms with Crippen LogP contribution in [0.25, 0.3) is 11.1 Å². The van der Waals surface area contributed by atoms with Crippen LogP contribution in [-0.4, -0.2) is 17.8 Å². The summed E-state index contributed by atoms with van der Waals surface area (Å²) in [5, 5.41) is 4.24. The number of ether oxygens (including phenoxy) is 1. The van der Waals surface area contributed by atoms with Gasteiger partial charge in [-0.2, -0.15) is 13.2 Å². The second kappa shape index (κ2) is 10.2. The predicted molar refractivity (Wildman–Crippen MR) is 125 cm³/mol. The van der Waals surface area contributed by atoms with E-state index in [1.165, 1.54) is 13.2 Å². The molecule has 0 N–H and O–H groups in total. The van der Waals surface area contributed by atoms with E-state index in [0.717, 1.165) is 40.1 Å². The number of oxime groups is 1. The summed E-state index contributed by atoms with van der Waals surface area (Å²) in [7, 11) is 1.48. The normalized spacial score (nSPS) is 11.8. The van der Waals surface area contributed by atoms with Crippen LogP contribution in [0.2, 0.25) is 0 Å². The van der Waals surface area contributed by atoms with Crippen LogP contribution >= 0.6 is 0 Å². The maximum Gasteiger partial charge on any atom is 0.417 e. The van der Waals surface area contributed by atoms with Crippen LogP contribution in [0, 0.1) is 0 Å². The summed E-state index contributed by atoms with van der Waals surface area (Å²) in [6.45, 7) is 0.0966. The molecule has 0 amide bonds. The molecular formula is C27H21F3N2O2. The molecule has 0 unspecified atom stereocenters. The molecule has 0 aliphatic rings. The first-order valence-corrected chi connectivity index (χ1v) is 10.5. The van der Waals surface area contributed by atoms with E-state index in [9.17, 15) is 13.2 Å². The van der Waals surface area contributed by atoms with Crippen molar-refractivity contribution in [3.63, 3.8) is 0 Å². The molecule has 34 heavy (non-hydrogen) atoms. The maximum absolute atomic E-state index is 12.8. The molecule has 3 aromatic carbocycles. The van der Waals surface area contributed by atoms with Crippen LogP contribution in [0.1, 0.15) is 22.3 Å². The van der Waals surface area contributed by atoms with E-state index in [2.05, 4.69) is 10.1 Å². The molecule has 1 aromatic heterocycles. The summed E-state index contributed by atoms with van der Waals surface area (Å²) in [6.07, 6.45) is -3.69. The van der Waals surface area contributed by atoms with Gasteiger partial charge in [0, 0.05) is 23.4 Å². The Labute approximate surface area is 195 Å². The van der Waals surface area contributed by atoms with Crippen molar-refractivity contribution in [2.75, 3.05) is 7.11 Å². The van der Waals surface area contributed by atoms with Crippen LogP contribution in [0.5, 0.6) is 5.88 Å². The highest BCUT2D eigenvalue weighted by atomic mass is 19.4. The minimum atomic E-state index is -4.44. The number of hydrogen-bond acceptors (Lipinski definition) is 4. The summed E-state index contributed by atoms with van der Waals surface area (Å²) in [4.78, 5) is 8.89. The Kier molecular flexibility index (Phi) is 6.92. The molecule has 172 valence electrons. The van der Waals surface area contributed by atoms with E-state index in [1.54, 1.807) is 0 Å². The summed E-state index contributed by atoms with van der Waals surface area (Å²) in [6, 6.07) is 27.6. The van der Waals surface area contributed by atoms with Crippen LogP contribution in [-0.2, 0) is 17.6 Å². The van der Waals surface area contributed by atoms with Gasteiger partial charge in [-0.05, 0) is 22.8 Å². The Bertz CT molecular complexity index is 1250. The fourth-order valence-corrected chi connectivity index (χ4v) is 3.46. The van der Waals surface area contributed by atoms with Crippen LogP contribution in [0.4, 0.5) is 13.2 Å². The molecule has 7 heteroatoms. The molecular weight excluding hydrogens is 441 g/mol. The quantitative estimate of drug-likeness (QED) is 0.226. The molecule has 0 fully saturated rings. The number of benzene rings is 3. The minimum Gasteiger partial charge on any atom is -0.473 e. The van der Waals surface area contributed by atoms with E-state index in [0.29, 0.717) is 5.71 Å². The van der Waals surface area contributed by atoms with Gasteiger partial charge in [-0.25, -0.2) is 4.98 Å². The molecule has 0 atom stereocenters. The van der Waals surface area contributed by atoms with Crippen molar-refractivity contribution in [2.45, 2.75) is 12.8 Å². The van der Waals surface area contributed by atoms with E-state index in [1.807, 2.05) is 78.9 Å². The lowest BCUT2D eigenvalue weighted by Crippen LogP contribution is -2.10. The first-order chi connectivity index (χ1) is 16.5. The average Bonchev–Trinajstić information content (AvgIpc) is 2.87. The topological polar surface area (TPSA) is 43.7 Å². The van der Waals surface area contributed by atoms with Gasteiger partial charge in [-0.15, -0.1) is 0 Å². The molecule has 0 aliphatic heterocycles. The van der Waals surface area contributed by atoms with E-state index in [-0.39, 0.29) is 12.5 Å². The lowest BCUT2D eigenvalue weighted by molar-refractivity contribution is -0.137. The number of aromatic nitrogens is 1. The number of hydrogen-bond donors (Lipinski definition) is 0. The SMILES string of the molecule is CO/N=C(/c1ccc(-c2ccccc2)cc1)c1ccccc1COc1ccc(C(F)(F)F)cn1. The highest BCUT2D eigenvalue weighted by Gasteiger charge is 2.30. The van der Waals surface area contributed by atoms with Crippen LogP contribution < -0.4 is 4.74 Å². The minimum absolute atomic E-state index is 0.0966. The fraction of sp³-hybridized carbons (Fsp3) is 0.111. The smallest absolute Gasteiger partial charge is 0.417 e. The van der Waals surface area contributed by atoms with E-state index in [4.69, 9.17) is 9.57 Å². The standard InChI is InChI=1S/C27H21F3N2O2/c1-33-32-26(21-13-11-20(12-14-21)19-7-3-2-4-8-19)24-10-6-5-9-22(24)18-34-25-16-15-23(17-31-25)27(28,29)30/h2-17H,18H2,1H3/b32-26-. The van der Waals surface area contributed by atoms with Crippen molar-refractivity contribution in [1.29, 1.82) is 0 Å². The van der Waals surface area contributed by atoms with Crippen molar-refractivity contribution in [3.8, 4) is 17.0 Å². The van der Waals surface area contributed by atoms with Gasteiger partial charge < -0.3 is 9.57 Å². The Morgan fingerprint density at radius 2 is 1.50 bits per heavy atom. The molecule has 0 spiro atoms. The van der Waals surface area contributed by atoms with Gasteiger partial charge in [0.2, 0.25) is 5.88 Å². The molecule has 0 bridgehead atoms. The number of alkyl halides is 3. The summed E-state index contributed by atoms with van der Waals surface area (Å²) in [5.74, 6) is 0.0975. The number of nitrogens with zero attached hydrogens (tertiary/aromatic N) is 2. The summed E-state index contributed by atoms with van der Waals surface area (Å²) < 4.78 is 44.0. The first kappa shape index (κ1) is 23.0. The van der Waals surface area contributed by atoms with Crippen molar-refractivity contribution in [3.05, 3.63) is 119 Å². The summed E-state index contributed by atoms with van der Waals surface area (Å²) >= 11 is 0. The van der Waals surface area contributed by atoms with Crippen molar-refractivity contribution < 1.29 is 22.7 Å². The Balaban J connectivity index is 1.57. The first-order valence-electron chi connectivity index (χ1n) is 10.5. The van der Waals surface area contributed by atoms with Gasteiger partial charge >= 0.3 is 6.18 Å². The molecule has 1 heterocycles. The monoisotopic (exact) mass is 462 g/mol. The largest absolute Gasteiger partial charge is 0.473 e. The van der Waals surface area contributed by atoms with Gasteiger partial charge in [0.05, 0.1) is 5.56 Å². The number of rotatable bonds is 7. The lowest BCUT2D eigenvalue weighted by atomic mass is 9.96. The van der Waals surface area contributed by atoms with Crippen molar-refractivity contribution in [2.24, 2.45) is 5.16 Å². The van der Waals surface area contributed by atoms with Gasteiger partial charge in [-0.3, -0.25) is 0 Å². The molecule has 4 aromatic rings. The van der Waals surface area contributed by atoms with Gasteiger partial charge in [0.25, 0.3) is 0 Å². The van der Waals surface area contributed by atoms with Crippen molar-refractivity contribution in [1.82, 2.24) is 4.98 Å². The van der Waals surface area contributed by atoms with Crippen LogP contribution in [0.3, 0.4) is 0 Å². The predicted octanol–water partition coefficient (Wildman–Crippen LogP) is 6.75. The number of pyridine rings is 1. The maximum atomic E-state index is 12.8. The fourth-order valence-electron chi connectivity index (χ4n) is 3.46. The molecule has 4 nitrogen and oxygen atoms in total. The zero-order valence-corrected chi connectivity index (χ0v) is 18.3. The molecule has 4 rings (SSSR count). The second-order valence-corrected chi connectivity index (χ2v) is 7.39. The van der Waals surface area contributed by atoms with Crippen LogP contribution in [0.15, 0.2) is 102 Å². The van der Waals surface area contributed by atoms with Gasteiger partial charge in [0.15, 0.2) is 0 Å². The van der Waals surface area contributed by atoms with Gasteiger partial charge in [0.1, 0.15) is 19.4 Å². The molecule has 0 saturated carbocycles. The number of halogens is 3. The Morgan fingerprint density at radius 1 is 0.824 bits per heavy atom. The Hall–Kier alpha value is -4.13. The summed E-state index contributed by atoms with van der Waals surface area (Å²) in [5.41, 5.74) is 4.39.